The van der Waals surface area contributed by atoms with Gasteiger partial charge < -0.3 is 9.80 Å². The van der Waals surface area contributed by atoms with Crippen LogP contribution in [0.15, 0.2) is 5.38 Å². The zero-order chi connectivity index (χ0) is 16.0. The number of amides is 2. The fourth-order valence-electron chi connectivity index (χ4n) is 3.75. The summed E-state index contributed by atoms with van der Waals surface area (Å²) < 4.78 is 0. The summed E-state index contributed by atoms with van der Waals surface area (Å²) in [5.74, 6) is 1.50. The van der Waals surface area contributed by atoms with Crippen LogP contribution in [0, 0.1) is 11.8 Å². The van der Waals surface area contributed by atoms with Crippen LogP contribution in [0.3, 0.4) is 0 Å². The molecule has 124 valence electrons. The van der Waals surface area contributed by atoms with Crippen molar-refractivity contribution >= 4 is 23.2 Å². The molecule has 2 heterocycles. The lowest BCUT2D eigenvalue weighted by Gasteiger charge is -2.35. The summed E-state index contributed by atoms with van der Waals surface area (Å²) >= 11 is 1.75. The molecule has 0 bridgehead atoms. The summed E-state index contributed by atoms with van der Waals surface area (Å²) in [6, 6.07) is 0. The molecule has 4 nitrogen and oxygen atoms in total. The fraction of sp³-hybridized carbons (Fsp3) is 0.667. The molecular weight excluding hydrogens is 308 g/mol. The third-order valence-electron chi connectivity index (χ3n) is 5.44. The summed E-state index contributed by atoms with van der Waals surface area (Å²) in [6.45, 7) is 5.05. The van der Waals surface area contributed by atoms with E-state index >= 15 is 0 Å². The molecule has 1 atom stereocenters. The standard InChI is InChI=1S/C18H24N2O2S/c1-12-2-5-14-15(11-23-16(14)10-12)18(22)20-8-6-19(7-9-20)17(21)13-3-4-13/h11-13H,2-10H2,1H3/t12-/m1/s1. The molecule has 1 saturated heterocycles. The van der Waals surface area contributed by atoms with Gasteiger partial charge in [-0.15, -0.1) is 11.3 Å². The molecule has 3 aliphatic rings. The first-order valence-electron chi connectivity index (χ1n) is 8.80. The molecule has 23 heavy (non-hydrogen) atoms. The van der Waals surface area contributed by atoms with Gasteiger partial charge in [0.1, 0.15) is 0 Å². The van der Waals surface area contributed by atoms with Gasteiger partial charge >= 0.3 is 0 Å². The molecule has 1 saturated carbocycles. The van der Waals surface area contributed by atoms with E-state index in [1.54, 1.807) is 11.3 Å². The number of hydrogen-bond acceptors (Lipinski definition) is 3. The number of hydrogen-bond donors (Lipinski definition) is 0. The molecule has 0 N–H and O–H groups in total. The quantitative estimate of drug-likeness (QED) is 0.835. The van der Waals surface area contributed by atoms with E-state index in [1.165, 1.54) is 16.9 Å². The van der Waals surface area contributed by atoms with Crippen molar-refractivity contribution in [3.8, 4) is 0 Å². The van der Waals surface area contributed by atoms with Crippen molar-refractivity contribution in [3.63, 3.8) is 0 Å². The van der Waals surface area contributed by atoms with Crippen LogP contribution in [0.5, 0.6) is 0 Å². The highest BCUT2D eigenvalue weighted by Crippen LogP contribution is 2.34. The first-order valence-corrected chi connectivity index (χ1v) is 9.68. The molecule has 1 aromatic heterocycles. The second kappa shape index (κ2) is 5.93. The molecule has 2 fully saturated rings. The smallest absolute Gasteiger partial charge is 0.255 e. The van der Waals surface area contributed by atoms with Gasteiger partial charge in [-0.25, -0.2) is 0 Å². The van der Waals surface area contributed by atoms with E-state index in [4.69, 9.17) is 0 Å². The van der Waals surface area contributed by atoms with Crippen LogP contribution in [0.4, 0.5) is 0 Å². The van der Waals surface area contributed by atoms with Gasteiger partial charge in [0, 0.05) is 42.4 Å². The molecule has 1 aromatic rings. The van der Waals surface area contributed by atoms with E-state index in [-0.39, 0.29) is 11.8 Å². The normalized spacial score (nSPS) is 24.5. The van der Waals surface area contributed by atoms with Gasteiger partial charge in [-0.3, -0.25) is 9.59 Å². The summed E-state index contributed by atoms with van der Waals surface area (Å²) in [5, 5.41) is 2.06. The van der Waals surface area contributed by atoms with Gasteiger partial charge in [0.25, 0.3) is 5.91 Å². The number of fused-ring (bicyclic) bond motifs is 1. The van der Waals surface area contributed by atoms with Crippen LogP contribution in [0.1, 0.15) is 47.0 Å². The highest BCUT2D eigenvalue weighted by Gasteiger charge is 2.35. The highest BCUT2D eigenvalue weighted by molar-refractivity contribution is 7.10. The first-order chi connectivity index (χ1) is 11.1. The molecule has 2 amide bonds. The van der Waals surface area contributed by atoms with E-state index in [9.17, 15) is 9.59 Å². The second-order valence-corrected chi connectivity index (χ2v) is 8.26. The number of rotatable bonds is 2. The summed E-state index contributed by atoms with van der Waals surface area (Å²) in [4.78, 5) is 30.3. The number of nitrogens with zero attached hydrogens (tertiary/aromatic N) is 2. The van der Waals surface area contributed by atoms with Crippen molar-refractivity contribution in [3.05, 3.63) is 21.4 Å². The van der Waals surface area contributed by atoms with Crippen molar-refractivity contribution in [2.75, 3.05) is 26.2 Å². The van der Waals surface area contributed by atoms with Gasteiger partial charge in [0.05, 0.1) is 5.56 Å². The Bertz CT molecular complexity index is 627. The third kappa shape index (κ3) is 2.91. The topological polar surface area (TPSA) is 40.6 Å². The average Bonchev–Trinajstić information content (AvgIpc) is 3.34. The maximum absolute atomic E-state index is 12.9. The van der Waals surface area contributed by atoms with Crippen LogP contribution < -0.4 is 0 Å². The predicted molar refractivity (Wildman–Crippen MR) is 90.7 cm³/mol. The molecule has 1 aliphatic heterocycles. The Hall–Kier alpha value is -1.36. The molecule has 2 aliphatic carbocycles. The number of thiophene rings is 1. The number of carbonyl (C=O) groups excluding carboxylic acids is 2. The Balaban J connectivity index is 1.41. The van der Waals surface area contributed by atoms with Gasteiger partial charge in [0.2, 0.25) is 5.91 Å². The minimum Gasteiger partial charge on any atom is -0.339 e. The SMILES string of the molecule is C[C@@H]1CCc2c(C(=O)N3CCN(C(=O)C4CC4)CC3)csc2C1. The Kier molecular flexibility index (Phi) is 3.92. The third-order valence-corrected chi connectivity index (χ3v) is 6.49. The highest BCUT2D eigenvalue weighted by atomic mass is 32.1. The molecule has 0 radical (unpaired) electrons. The van der Waals surface area contributed by atoms with E-state index in [0.29, 0.717) is 32.1 Å². The van der Waals surface area contributed by atoms with Gasteiger partial charge in [-0.05, 0) is 43.6 Å². The van der Waals surface area contributed by atoms with Crippen molar-refractivity contribution < 1.29 is 9.59 Å². The molecule has 0 aromatic carbocycles. The minimum absolute atomic E-state index is 0.176. The lowest BCUT2D eigenvalue weighted by Crippen LogP contribution is -2.51. The lowest BCUT2D eigenvalue weighted by molar-refractivity contribution is -0.134. The zero-order valence-electron chi connectivity index (χ0n) is 13.7. The van der Waals surface area contributed by atoms with Crippen molar-refractivity contribution in [1.82, 2.24) is 9.80 Å². The van der Waals surface area contributed by atoms with Crippen LogP contribution in [-0.4, -0.2) is 47.8 Å². The van der Waals surface area contributed by atoms with E-state index in [1.807, 2.05) is 9.80 Å². The maximum Gasteiger partial charge on any atom is 0.255 e. The van der Waals surface area contributed by atoms with Crippen LogP contribution in [-0.2, 0) is 17.6 Å². The van der Waals surface area contributed by atoms with E-state index < -0.39 is 0 Å². The Morgan fingerprint density at radius 1 is 1.09 bits per heavy atom. The monoisotopic (exact) mass is 332 g/mol. The molecule has 0 unspecified atom stereocenters. The zero-order valence-corrected chi connectivity index (χ0v) is 14.5. The maximum atomic E-state index is 12.9. The van der Waals surface area contributed by atoms with Gasteiger partial charge in [0.15, 0.2) is 0 Å². The Morgan fingerprint density at radius 3 is 2.48 bits per heavy atom. The minimum atomic E-state index is 0.176. The van der Waals surface area contributed by atoms with Gasteiger partial charge in [-0.1, -0.05) is 6.92 Å². The summed E-state index contributed by atoms with van der Waals surface area (Å²) in [7, 11) is 0. The summed E-state index contributed by atoms with van der Waals surface area (Å²) in [5.41, 5.74) is 2.23. The van der Waals surface area contributed by atoms with Crippen LogP contribution >= 0.6 is 11.3 Å². The van der Waals surface area contributed by atoms with Crippen molar-refractivity contribution in [1.29, 1.82) is 0 Å². The van der Waals surface area contributed by atoms with E-state index in [0.717, 1.165) is 37.2 Å². The molecular formula is C18H24N2O2S. The number of piperazine rings is 1. The van der Waals surface area contributed by atoms with E-state index in [2.05, 4.69) is 12.3 Å². The predicted octanol–water partition coefficient (Wildman–Crippen LogP) is 2.57. The summed E-state index contributed by atoms with van der Waals surface area (Å²) in [6.07, 6.45) is 5.46. The van der Waals surface area contributed by atoms with Crippen LogP contribution in [0.25, 0.3) is 0 Å². The first kappa shape index (κ1) is 15.2. The molecule has 0 spiro atoms. The lowest BCUT2D eigenvalue weighted by atomic mass is 9.88. The largest absolute Gasteiger partial charge is 0.339 e. The van der Waals surface area contributed by atoms with Crippen LogP contribution in [0.2, 0.25) is 0 Å². The Labute approximate surface area is 141 Å². The average molecular weight is 332 g/mol. The van der Waals surface area contributed by atoms with Gasteiger partial charge in [-0.2, -0.15) is 0 Å². The fourth-order valence-corrected chi connectivity index (χ4v) is 4.98. The Morgan fingerprint density at radius 2 is 1.78 bits per heavy atom. The van der Waals surface area contributed by atoms with Crippen molar-refractivity contribution in [2.45, 2.75) is 39.0 Å². The molecule has 5 heteroatoms. The molecule has 4 rings (SSSR count). The van der Waals surface area contributed by atoms with Crippen molar-refractivity contribution in [2.24, 2.45) is 11.8 Å². The second-order valence-electron chi connectivity index (χ2n) is 7.29. The number of carbonyl (C=O) groups is 2.